The van der Waals surface area contributed by atoms with Gasteiger partial charge in [-0.15, -0.1) is 0 Å². The molecule has 1 heterocycles. The van der Waals surface area contributed by atoms with Crippen molar-refractivity contribution in [3.63, 3.8) is 0 Å². The van der Waals surface area contributed by atoms with Crippen LogP contribution in [0.2, 0.25) is 0 Å². The maximum atomic E-state index is 11.7. The van der Waals surface area contributed by atoms with E-state index in [4.69, 9.17) is 9.84 Å². The van der Waals surface area contributed by atoms with E-state index in [1.54, 1.807) is 0 Å². The largest absolute Gasteiger partial charge is 0.479 e. The van der Waals surface area contributed by atoms with Crippen LogP contribution >= 0.6 is 0 Å². The molecule has 1 atom stereocenters. The van der Waals surface area contributed by atoms with E-state index < -0.39 is 28.1 Å². The van der Waals surface area contributed by atoms with Gasteiger partial charge in [-0.2, -0.15) is 0 Å². The summed E-state index contributed by atoms with van der Waals surface area (Å²) in [7, 11) is -2.08. The molecule has 1 rings (SSSR count). The molecule has 0 bridgehead atoms. The SMILES string of the molecule is CNS(=O)(=O)CCNC(=O)N1CCOC(C(=O)O)C1. The molecule has 0 radical (unpaired) electrons. The Bertz CT molecular complexity index is 437. The number of ether oxygens (including phenoxy) is 1. The molecule has 110 valence electrons. The van der Waals surface area contributed by atoms with Crippen LogP contribution in [0.5, 0.6) is 0 Å². The monoisotopic (exact) mass is 295 g/mol. The summed E-state index contributed by atoms with van der Waals surface area (Å²) in [5.74, 6) is -1.36. The molecule has 0 aliphatic carbocycles. The number of carbonyl (C=O) groups is 2. The second-order valence-electron chi connectivity index (χ2n) is 3.90. The Labute approximate surface area is 111 Å². The van der Waals surface area contributed by atoms with Crippen molar-refractivity contribution < 1.29 is 27.9 Å². The average molecular weight is 295 g/mol. The number of nitrogens with one attached hydrogen (secondary N) is 2. The number of amides is 2. The van der Waals surface area contributed by atoms with E-state index >= 15 is 0 Å². The molecule has 0 aromatic rings. The summed E-state index contributed by atoms with van der Waals surface area (Å²) in [6, 6.07) is -0.499. The number of aliphatic carboxylic acids is 1. The molecule has 1 aliphatic rings. The van der Waals surface area contributed by atoms with Crippen molar-refractivity contribution in [2.24, 2.45) is 0 Å². The lowest BCUT2D eigenvalue weighted by atomic mass is 10.3. The van der Waals surface area contributed by atoms with E-state index in [-0.39, 0.29) is 32.0 Å². The minimum Gasteiger partial charge on any atom is -0.479 e. The zero-order chi connectivity index (χ0) is 14.5. The van der Waals surface area contributed by atoms with Crippen molar-refractivity contribution in [2.75, 3.05) is 39.0 Å². The highest BCUT2D eigenvalue weighted by Crippen LogP contribution is 2.05. The van der Waals surface area contributed by atoms with Crippen LogP contribution in [-0.2, 0) is 19.6 Å². The Balaban J connectivity index is 2.39. The van der Waals surface area contributed by atoms with E-state index in [2.05, 4.69) is 10.0 Å². The van der Waals surface area contributed by atoms with Gasteiger partial charge in [0.25, 0.3) is 0 Å². The highest BCUT2D eigenvalue weighted by atomic mass is 32.2. The van der Waals surface area contributed by atoms with Gasteiger partial charge in [0.05, 0.1) is 18.9 Å². The Morgan fingerprint density at radius 2 is 2.16 bits per heavy atom. The molecule has 10 heteroatoms. The molecule has 3 N–H and O–H groups in total. The van der Waals surface area contributed by atoms with Gasteiger partial charge in [0.15, 0.2) is 6.10 Å². The van der Waals surface area contributed by atoms with Gasteiger partial charge in [-0.3, -0.25) is 0 Å². The molecule has 1 fully saturated rings. The van der Waals surface area contributed by atoms with Crippen LogP contribution in [-0.4, -0.2) is 75.6 Å². The molecule has 1 unspecified atom stereocenters. The Morgan fingerprint density at radius 3 is 2.74 bits per heavy atom. The van der Waals surface area contributed by atoms with Crippen molar-refractivity contribution in [1.82, 2.24) is 14.9 Å². The summed E-state index contributed by atoms with van der Waals surface area (Å²) in [5, 5.41) is 11.2. The number of carboxylic acid groups (broad SMARTS) is 1. The molecule has 0 spiro atoms. The van der Waals surface area contributed by atoms with Gasteiger partial charge in [-0.25, -0.2) is 22.7 Å². The van der Waals surface area contributed by atoms with Gasteiger partial charge in [-0.1, -0.05) is 0 Å². The topological polar surface area (TPSA) is 125 Å². The van der Waals surface area contributed by atoms with Crippen molar-refractivity contribution >= 4 is 22.0 Å². The van der Waals surface area contributed by atoms with Crippen LogP contribution in [0.3, 0.4) is 0 Å². The molecule has 2 amide bonds. The lowest BCUT2D eigenvalue weighted by Crippen LogP contribution is -2.52. The van der Waals surface area contributed by atoms with Gasteiger partial charge in [0, 0.05) is 13.1 Å². The molecule has 1 saturated heterocycles. The number of sulfonamides is 1. The van der Waals surface area contributed by atoms with Gasteiger partial charge >= 0.3 is 12.0 Å². The Hall–Kier alpha value is -1.39. The average Bonchev–Trinajstić information content (AvgIpc) is 2.38. The Morgan fingerprint density at radius 1 is 1.47 bits per heavy atom. The number of urea groups is 1. The molecule has 0 aromatic heterocycles. The van der Waals surface area contributed by atoms with Crippen LogP contribution < -0.4 is 10.0 Å². The number of hydrogen-bond donors (Lipinski definition) is 3. The number of morpholine rings is 1. The van der Waals surface area contributed by atoms with E-state index in [1.807, 2.05) is 0 Å². The lowest BCUT2D eigenvalue weighted by molar-refractivity contribution is -0.154. The number of hydrogen-bond acceptors (Lipinski definition) is 5. The normalized spacial score (nSPS) is 20.1. The quantitative estimate of drug-likeness (QED) is 0.540. The maximum absolute atomic E-state index is 11.7. The molecule has 0 aromatic carbocycles. The van der Waals surface area contributed by atoms with Crippen molar-refractivity contribution in [3.8, 4) is 0 Å². The fourth-order valence-electron chi connectivity index (χ4n) is 1.49. The summed E-state index contributed by atoms with van der Waals surface area (Å²) in [5.41, 5.74) is 0. The van der Waals surface area contributed by atoms with Crippen LogP contribution in [0.1, 0.15) is 0 Å². The standard InChI is InChI=1S/C9H17N3O6S/c1-10-19(16,17)5-2-11-9(15)12-3-4-18-7(6-12)8(13)14/h7,10H,2-6H2,1H3,(H,11,15)(H,13,14). The lowest BCUT2D eigenvalue weighted by Gasteiger charge is -2.30. The second kappa shape index (κ2) is 6.68. The molecular formula is C9H17N3O6S. The minimum absolute atomic E-state index is 0.0445. The van der Waals surface area contributed by atoms with Gasteiger partial charge in [-0.05, 0) is 7.05 Å². The first kappa shape index (κ1) is 15.7. The predicted octanol–water partition coefficient (Wildman–Crippen LogP) is -1.97. The number of rotatable bonds is 5. The molecule has 19 heavy (non-hydrogen) atoms. The van der Waals surface area contributed by atoms with Gasteiger partial charge in [0.1, 0.15) is 0 Å². The first-order chi connectivity index (χ1) is 8.85. The van der Waals surface area contributed by atoms with Crippen molar-refractivity contribution in [3.05, 3.63) is 0 Å². The molecule has 1 aliphatic heterocycles. The third-order valence-corrected chi connectivity index (χ3v) is 3.95. The van der Waals surface area contributed by atoms with Crippen LogP contribution in [0, 0.1) is 0 Å². The number of carbonyl (C=O) groups excluding carboxylic acids is 1. The highest BCUT2D eigenvalue weighted by molar-refractivity contribution is 7.89. The smallest absolute Gasteiger partial charge is 0.334 e. The zero-order valence-corrected chi connectivity index (χ0v) is 11.3. The van der Waals surface area contributed by atoms with E-state index in [9.17, 15) is 18.0 Å². The number of nitrogens with zero attached hydrogens (tertiary/aromatic N) is 1. The summed E-state index contributed by atoms with van der Waals surface area (Å²) in [6.45, 7) is 0.310. The summed E-state index contributed by atoms with van der Waals surface area (Å²) >= 11 is 0. The van der Waals surface area contributed by atoms with E-state index in [1.165, 1.54) is 11.9 Å². The summed E-state index contributed by atoms with van der Waals surface area (Å²) in [4.78, 5) is 23.7. The van der Waals surface area contributed by atoms with Crippen LogP contribution in [0.15, 0.2) is 0 Å². The maximum Gasteiger partial charge on any atom is 0.334 e. The molecular weight excluding hydrogens is 278 g/mol. The third-order valence-electron chi connectivity index (χ3n) is 2.59. The van der Waals surface area contributed by atoms with E-state index in [0.29, 0.717) is 0 Å². The third kappa shape index (κ3) is 5.01. The Kier molecular flexibility index (Phi) is 5.51. The second-order valence-corrected chi connectivity index (χ2v) is 5.94. The van der Waals surface area contributed by atoms with Crippen molar-refractivity contribution in [2.45, 2.75) is 6.10 Å². The van der Waals surface area contributed by atoms with E-state index in [0.717, 1.165) is 0 Å². The fraction of sp³-hybridized carbons (Fsp3) is 0.778. The zero-order valence-electron chi connectivity index (χ0n) is 10.5. The van der Waals surface area contributed by atoms with Crippen LogP contribution in [0.25, 0.3) is 0 Å². The number of carboxylic acids is 1. The first-order valence-electron chi connectivity index (χ1n) is 5.64. The van der Waals surface area contributed by atoms with Crippen molar-refractivity contribution in [1.29, 1.82) is 0 Å². The fourth-order valence-corrected chi connectivity index (χ4v) is 2.06. The van der Waals surface area contributed by atoms with Gasteiger partial charge in [0.2, 0.25) is 10.0 Å². The van der Waals surface area contributed by atoms with Gasteiger partial charge < -0.3 is 20.1 Å². The minimum atomic E-state index is -3.37. The van der Waals surface area contributed by atoms with Crippen LogP contribution in [0.4, 0.5) is 4.79 Å². The predicted molar refractivity (Wildman–Crippen MR) is 65.2 cm³/mol. The molecule has 9 nitrogen and oxygen atoms in total. The summed E-state index contributed by atoms with van der Waals surface area (Å²) in [6.07, 6.45) is -1.04. The highest BCUT2D eigenvalue weighted by Gasteiger charge is 2.28. The summed E-state index contributed by atoms with van der Waals surface area (Å²) < 4.78 is 29.3. The first-order valence-corrected chi connectivity index (χ1v) is 7.29. The molecule has 0 saturated carbocycles.